The van der Waals surface area contributed by atoms with Crippen molar-refractivity contribution in [1.82, 2.24) is 14.7 Å². The monoisotopic (exact) mass is 349 g/mol. The summed E-state index contributed by atoms with van der Waals surface area (Å²) >= 11 is 0. The Morgan fingerprint density at radius 1 is 1.23 bits per heavy atom. The van der Waals surface area contributed by atoms with E-state index < -0.39 is 0 Å². The summed E-state index contributed by atoms with van der Waals surface area (Å²) < 4.78 is 7.53. The van der Waals surface area contributed by atoms with Gasteiger partial charge in [0.15, 0.2) is 5.76 Å². The Labute approximate surface area is 153 Å². The summed E-state index contributed by atoms with van der Waals surface area (Å²) in [5.74, 6) is 2.10. The predicted molar refractivity (Wildman–Crippen MR) is 100 cm³/mol. The van der Waals surface area contributed by atoms with Crippen molar-refractivity contribution < 1.29 is 9.21 Å². The van der Waals surface area contributed by atoms with E-state index in [0.717, 1.165) is 18.0 Å². The largest absolute Gasteiger partial charge is 0.460 e. The van der Waals surface area contributed by atoms with Gasteiger partial charge in [-0.25, -0.2) is 4.68 Å². The van der Waals surface area contributed by atoms with Crippen LogP contribution in [0.2, 0.25) is 0 Å². The second-order valence-corrected chi connectivity index (χ2v) is 6.87. The van der Waals surface area contributed by atoms with E-state index in [1.165, 1.54) is 12.8 Å². The minimum absolute atomic E-state index is 0.0191. The van der Waals surface area contributed by atoms with Gasteiger partial charge in [0.2, 0.25) is 0 Å². The number of hydrogen-bond acceptors (Lipinski definition) is 3. The van der Waals surface area contributed by atoms with Crippen molar-refractivity contribution in [2.75, 3.05) is 13.1 Å². The molecule has 0 aliphatic heterocycles. The molecule has 0 atom stereocenters. The van der Waals surface area contributed by atoms with Crippen LogP contribution < -0.4 is 0 Å². The third-order valence-electron chi connectivity index (χ3n) is 4.78. The zero-order valence-electron chi connectivity index (χ0n) is 15.2. The standard InChI is InChI=1S/C21H23N3O2/c1-3-23(13-16-10-11-16)21(25)18-14-24(17-7-5-4-6-8-17)22-20(18)19-12-9-15(2)26-19/h4-9,12,14,16H,3,10-11,13H2,1-2H3. The van der Waals surface area contributed by atoms with E-state index in [-0.39, 0.29) is 5.91 Å². The van der Waals surface area contributed by atoms with E-state index in [2.05, 4.69) is 5.10 Å². The van der Waals surface area contributed by atoms with Crippen molar-refractivity contribution in [3.05, 3.63) is 60.0 Å². The number of furan rings is 1. The second-order valence-electron chi connectivity index (χ2n) is 6.87. The number of carbonyl (C=O) groups is 1. The molecular weight excluding hydrogens is 326 g/mol. The molecule has 26 heavy (non-hydrogen) atoms. The Morgan fingerprint density at radius 3 is 2.62 bits per heavy atom. The molecule has 4 rings (SSSR count). The highest BCUT2D eigenvalue weighted by atomic mass is 16.3. The molecule has 1 amide bonds. The van der Waals surface area contributed by atoms with Crippen LogP contribution in [0.4, 0.5) is 0 Å². The van der Waals surface area contributed by atoms with Gasteiger partial charge in [-0.3, -0.25) is 4.79 Å². The maximum Gasteiger partial charge on any atom is 0.257 e. The lowest BCUT2D eigenvalue weighted by Gasteiger charge is -2.20. The molecular formula is C21H23N3O2. The summed E-state index contributed by atoms with van der Waals surface area (Å²) in [6.07, 6.45) is 4.26. The zero-order chi connectivity index (χ0) is 18.1. The Bertz CT molecular complexity index is 906. The van der Waals surface area contributed by atoms with E-state index in [4.69, 9.17) is 4.42 Å². The minimum Gasteiger partial charge on any atom is -0.460 e. The number of carbonyl (C=O) groups excluding carboxylic acids is 1. The van der Waals surface area contributed by atoms with E-state index in [9.17, 15) is 4.79 Å². The maximum absolute atomic E-state index is 13.2. The van der Waals surface area contributed by atoms with E-state index in [0.29, 0.717) is 29.5 Å². The lowest BCUT2D eigenvalue weighted by atomic mass is 10.1. The van der Waals surface area contributed by atoms with Crippen LogP contribution >= 0.6 is 0 Å². The number of hydrogen-bond donors (Lipinski definition) is 0. The molecule has 0 saturated heterocycles. The van der Waals surface area contributed by atoms with E-state index >= 15 is 0 Å². The average Bonchev–Trinajstić information content (AvgIpc) is 3.20. The number of aryl methyl sites for hydroxylation is 1. The molecule has 3 aromatic rings. The van der Waals surface area contributed by atoms with Crippen LogP contribution in [0, 0.1) is 12.8 Å². The highest BCUT2D eigenvalue weighted by Crippen LogP contribution is 2.31. The number of nitrogens with zero attached hydrogens (tertiary/aromatic N) is 3. The molecule has 134 valence electrons. The SMILES string of the molecule is CCN(CC1CC1)C(=O)c1cn(-c2ccccc2)nc1-c1ccc(C)o1. The average molecular weight is 349 g/mol. The first-order valence-corrected chi connectivity index (χ1v) is 9.17. The highest BCUT2D eigenvalue weighted by Gasteiger charge is 2.29. The van der Waals surface area contributed by atoms with Gasteiger partial charge in [0.05, 0.1) is 11.3 Å². The first kappa shape index (κ1) is 16.6. The molecule has 0 spiro atoms. The summed E-state index contributed by atoms with van der Waals surface area (Å²) in [6.45, 7) is 5.44. The molecule has 5 nitrogen and oxygen atoms in total. The highest BCUT2D eigenvalue weighted by molar-refractivity contribution is 5.99. The molecule has 2 heterocycles. The fourth-order valence-corrected chi connectivity index (χ4v) is 3.13. The molecule has 0 bridgehead atoms. The van der Waals surface area contributed by atoms with Gasteiger partial charge in [-0.05, 0) is 56.9 Å². The van der Waals surface area contributed by atoms with Crippen LogP contribution in [0.15, 0.2) is 53.1 Å². The van der Waals surface area contributed by atoms with Crippen molar-refractivity contribution in [3.63, 3.8) is 0 Å². The van der Waals surface area contributed by atoms with Crippen LogP contribution in [0.3, 0.4) is 0 Å². The first-order chi connectivity index (χ1) is 12.7. The third kappa shape index (κ3) is 3.29. The van der Waals surface area contributed by atoms with Crippen LogP contribution in [0.25, 0.3) is 17.1 Å². The number of para-hydroxylation sites is 1. The first-order valence-electron chi connectivity index (χ1n) is 9.17. The topological polar surface area (TPSA) is 51.3 Å². The molecule has 0 radical (unpaired) electrons. The number of aromatic nitrogens is 2. The van der Waals surface area contributed by atoms with Gasteiger partial charge in [0.25, 0.3) is 5.91 Å². The number of benzene rings is 1. The normalized spacial score (nSPS) is 13.8. The number of amides is 1. The third-order valence-corrected chi connectivity index (χ3v) is 4.78. The lowest BCUT2D eigenvalue weighted by molar-refractivity contribution is 0.0757. The van der Waals surface area contributed by atoms with Crippen molar-refractivity contribution in [2.24, 2.45) is 5.92 Å². The van der Waals surface area contributed by atoms with Gasteiger partial charge in [-0.2, -0.15) is 5.10 Å². The van der Waals surface area contributed by atoms with E-state index in [1.807, 2.05) is 67.4 Å². The second kappa shape index (κ2) is 6.83. The molecule has 5 heteroatoms. The fourth-order valence-electron chi connectivity index (χ4n) is 3.13. The molecule has 0 N–H and O–H groups in total. The molecule has 1 aromatic carbocycles. The molecule has 0 unspecified atom stereocenters. The Morgan fingerprint density at radius 2 is 2.00 bits per heavy atom. The van der Waals surface area contributed by atoms with E-state index in [1.54, 1.807) is 4.68 Å². The van der Waals surface area contributed by atoms with Gasteiger partial charge in [-0.15, -0.1) is 0 Å². The van der Waals surface area contributed by atoms with Crippen LogP contribution in [-0.2, 0) is 0 Å². The molecule has 2 aromatic heterocycles. The molecule has 1 aliphatic carbocycles. The Balaban J connectivity index is 1.75. The van der Waals surface area contributed by atoms with Gasteiger partial charge in [0.1, 0.15) is 11.5 Å². The van der Waals surface area contributed by atoms with Crippen molar-refractivity contribution in [1.29, 1.82) is 0 Å². The summed E-state index contributed by atoms with van der Waals surface area (Å²) in [5.41, 5.74) is 2.10. The summed E-state index contributed by atoms with van der Waals surface area (Å²) in [5, 5.41) is 4.67. The summed E-state index contributed by atoms with van der Waals surface area (Å²) in [7, 11) is 0. The number of rotatable bonds is 6. The van der Waals surface area contributed by atoms with Gasteiger partial charge in [-0.1, -0.05) is 18.2 Å². The molecule has 1 fully saturated rings. The van der Waals surface area contributed by atoms with Crippen molar-refractivity contribution >= 4 is 5.91 Å². The minimum atomic E-state index is 0.0191. The lowest BCUT2D eigenvalue weighted by Crippen LogP contribution is -2.32. The zero-order valence-corrected chi connectivity index (χ0v) is 15.2. The fraction of sp³-hybridized carbons (Fsp3) is 0.333. The molecule has 1 aliphatic rings. The Hall–Kier alpha value is -2.82. The predicted octanol–water partition coefficient (Wildman–Crippen LogP) is 4.31. The quantitative estimate of drug-likeness (QED) is 0.666. The summed E-state index contributed by atoms with van der Waals surface area (Å²) in [6, 6.07) is 13.6. The van der Waals surface area contributed by atoms with Crippen molar-refractivity contribution in [2.45, 2.75) is 26.7 Å². The maximum atomic E-state index is 13.2. The van der Waals surface area contributed by atoms with Crippen LogP contribution in [0.1, 0.15) is 35.9 Å². The smallest absolute Gasteiger partial charge is 0.257 e. The van der Waals surface area contributed by atoms with Crippen LogP contribution in [0.5, 0.6) is 0 Å². The van der Waals surface area contributed by atoms with Gasteiger partial charge in [0, 0.05) is 19.3 Å². The molecule has 1 saturated carbocycles. The van der Waals surface area contributed by atoms with Crippen molar-refractivity contribution in [3.8, 4) is 17.1 Å². The Kier molecular flexibility index (Phi) is 4.37. The van der Waals surface area contributed by atoms with Gasteiger partial charge >= 0.3 is 0 Å². The van der Waals surface area contributed by atoms with Gasteiger partial charge < -0.3 is 9.32 Å². The van der Waals surface area contributed by atoms with Crippen LogP contribution in [-0.4, -0.2) is 33.7 Å². The summed E-state index contributed by atoms with van der Waals surface area (Å²) in [4.78, 5) is 15.1.